The Morgan fingerprint density at radius 1 is 1.53 bits per heavy atom. The summed E-state index contributed by atoms with van der Waals surface area (Å²) in [7, 11) is 0. The molecule has 0 radical (unpaired) electrons. The van der Waals surface area contributed by atoms with Gasteiger partial charge in [-0.1, -0.05) is 5.16 Å². The van der Waals surface area contributed by atoms with Gasteiger partial charge in [0.2, 0.25) is 5.91 Å². The van der Waals surface area contributed by atoms with Gasteiger partial charge in [0.25, 0.3) is 0 Å². The summed E-state index contributed by atoms with van der Waals surface area (Å²) in [6.45, 7) is 5.08. The first-order valence-corrected chi connectivity index (χ1v) is 5.97. The summed E-state index contributed by atoms with van der Waals surface area (Å²) in [5.41, 5.74) is 1.67. The second-order valence-electron chi connectivity index (χ2n) is 4.42. The van der Waals surface area contributed by atoms with Crippen LogP contribution in [0.4, 0.5) is 0 Å². The van der Waals surface area contributed by atoms with Crippen molar-refractivity contribution in [2.75, 3.05) is 13.2 Å². The van der Waals surface area contributed by atoms with Gasteiger partial charge in [-0.25, -0.2) is 0 Å². The summed E-state index contributed by atoms with van der Waals surface area (Å²) in [5, 5.41) is 6.71. The minimum absolute atomic E-state index is 0.00472. The van der Waals surface area contributed by atoms with E-state index in [-0.39, 0.29) is 12.0 Å². The molecule has 2 heterocycles. The van der Waals surface area contributed by atoms with Gasteiger partial charge in [-0.05, 0) is 26.7 Å². The van der Waals surface area contributed by atoms with Crippen LogP contribution in [0.1, 0.15) is 29.9 Å². The molecule has 1 saturated heterocycles. The van der Waals surface area contributed by atoms with Crippen molar-refractivity contribution in [2.24, 2.45) is 0 Å². The van der Waals surface area contributed by atoms with Gasteiger partial charge in [0.1, 0.15) is 5.76 Å². The zero-order chi connectivity index (χ0) is 12.3. The third-order valence-electron chi connectivity index (χ3n) is 3.07. The smallest absolute Gasteiger partial charge is 0.224 e. The highest BCUT2D eigenvalue weighted by atomic mass is 16.5. The first-order chi connectivity index (χ1) is 8.16. The average Bonchev–Trinajstić information content (AvgIpc) is 2.91. The number of nitrogens with zero attached hydrogens (tertiary/aromatic N) is 1. The Labute approximate surface area is 101 Å². The van der Waals surface area contributed by atoms with Crippen LogP contribution in [0.2, 0.25) is 0 Å². The van der Waals surface area contributed by atoms with Crippen molar-refractivity contribution in [1.29, 1.82) is 0 Å². The van der Waals surface area contributed by atoms with Crippen LogP contribution < -0.4 is 5.32 Å². The molecule has 5 heteroatoms. The predicted octanol–water partition coefficient (Wildman–Crippen LogP) is 1.13. The number of hydrogen-bond acceptors (Lipinski definition) is 4. The average molecular weight is 238 g/mol. The fraction of sp³-hybridized carbons (Fsp3) is 0.667. The van der Waals surface area contributed by atoms with Gasteiger partial charge in [0.05, 0.1) is 18.2 Å². The third-order valence-corrected chi connectivity index (χ3v) is 3.07. The van der Waals surface area contributed by atoms with Crippen molar-refractivity contribution in [2.45, 2.75) is 39.2 Å². The molecule has 1 fully saturated rings. The molecule has 1 aliphatic rings. The molecule has 5 nitrogen and oxygen atoms in total. The van der Waals surface area contributed by atoms with Gasteiger partial charge in [0.15, 0.2) is 0 Å². The molecule has 1 aromatic heterocycles. The molecule has 17 heavy (non-hydrogen) atoms. The lowest BCUT2D eigenvalue weighted by Gasteiger charge is -2.10. The molecule has 0 saturated carbocycles. The quantitative estimate of drug-likeness (QED) is 0.854. The maximum absolute atomic E-state index is 11.7. The molecule has 94 valence electrons. The van der Waals surface area contributed by atoms with Crippen molar-refractivity contribution in [3.63, 3.8) is 0 Å². The Bertz CT molecular complexity index is 375. The topological polar surface area (TPSA) is 64.4 Å². The molecular formula is C12H18N2O3. The van der Waals surface area contributed by atoms with Crippen LogP contribution >= 0.6 is 0 Å². The van der Waals surface area contributed by atoms with Crippen LogP contribution in [0.5, 0.6) is 0 Å². The summed E-state index contributed by atoms with van der Waals surface area (Å²) < 4.78 is 10.5. The maximum atomic E-state index is 11.7. The number of aryl methyl sites for hydroxylation is 2. The SMILES string of the molecule is Cc1noc(C)c1CC(=O)NCC1CCCO1. The Kier molecular flexibility index (Phi) is 3.78. The number of amides is 1. The van der Waals surface area contributed by atoms with E-state index < -0.39 is 0 Å². The molecule has 2 rings (SSSR count). The summed E-state index contributed by atoms with van der Waals surface area (Å²) in [4.78, 5) is 11.7. The van der Waals surface area contributed by atoms with E-state index in [2.05, 4.69) is 10.5 Å². The fourth-order valence-corrected chi connectivity index (χ4v) is 2.01. The summed E-state index contributed by atoms with van der Waals surface area (Å²) >= 11 is 0. The van der Waals surface area contributed by atoms with Crippen LogP contribution in [-0.2, 0) is 16.0 Å². The number of rotatable bonds is 4. The van der Waals surface area contributed by atoms with E-state index >= 15 is 0 Å². The monoisotopic (exact) mass is 238 g/mol. The number of nitrogens with one attached hydrogen (secondary N) is 1. The lowest BCUT2D eigenvalue weighted by molar-refractivity contribution is -0.120. The Morgan fingerprint density at radius 3 is 2.94 bits per heavy atom. The highest BCUT2D eigenvalue weighted by Crippen LogP contribution is 2.13. The molecule has 0 aliphatic carbocycles. The molecule has 1 atom stereocenters. The standard InChI is InChI=1S/C12H18N2O3/c1-8-11(9(2)17-14-8)6-12(15)13-7-10-4-3-5-16-10/h10H,3-7H2,1-2H3,(H,13,15). The first-order valence-electron chi connectivity index (χ1n) is 5.97. The van der Waals surface area contributed by atoms with Crippen LogP contribution in [0, 0.1) is 13.8 Å². The van der Waals surface area contributed by atoms with E-state index in [9.17, 15) is 4.79 Å². The van der Waals surface area contributed by atoms with E-state index in [1.165, 1.54) is 0 Å². The van der Waals surface area contributed by atoms with Crippen molar-refractivity contribution < 1.29 is 14.1 Å². The zero-order valence-corrected chi connectivity index (χ0v) is 10.3. The van der Waals surface area contributed by atoms with Gasteiger partial charge >= 0.3 is 0 Å². The van der Waals surface area contributed by atoms with E-state index in [0.717, 1.165) is 36.5 Å². The van der Waals surface area contributed by atoms with Crippen LogP contribution in [0.25, 0.3) is 0 Å². The molecule has 0 bridgehead atoms. The lowest BCUT2D eigenvalue weighted by atomic mass is 10.1. The maximum Gasteiger partial charge on any atom is 0.224 e. The van der Waals surface area contributed by atoms with Crippen LogP contribution in [0.15, 0.2) is 4.52 Å². The normalized spacial score (nSPS) is 19.5. The molecule has 1 N–H and O–H groups in total. The van der Waals surface area contributed by atoms with Crippen molar-refractivity contribution in [3.8, 4) is 0 Å². The molecule has 1 unspecified atom stereocenters. The predicted molar refractivity (Wildman–Crippen MR) is 61.7 cm³/mol. The molecule has 1 amide bonds. The number of aromatic nitrogens is 1. The number of hydrogen-bond donors (Lipinski definition) is 1. The second kappa shape index (κ2) is 5.31. The van der Waals surface area contributed by atoms with E-state index in [1.807, 2.05) is 13.8 Å². The van der Waals surface area contributed by atoms with Crippen LogP contribution in [-0.4, -0.2) is 30.3 Å². The minimum atomic E-state index is -0.00472. The number of carbonyl (C=O) groups excluding carboxylic acids is 1. The largest absolute Gasteiger partial charge is 0.376 e. The second-order valence-corrected chi connectivity index (χ2v) is 4.42. The molecule has 0 spiro atoms. The van der Waals surface area contributed by atoms with Crippen molar-refractivity contribution >= 4 is 5.91 Å². The first kappa shape index (κ1) is 12.1. The molecule has 0 aromatic carbocycles. The van der Waals surface area contributed by atoms with E-state index in [0.29, 0.717) is 13.0 Å². The van der Waals surface area contributed by atoms with Crippen molar-refractivity contribution in [3.05, 3.63) is 17.0 Å². The molecule has 1 aliphatic heterocycles. The highest BCUT2D eigenvalue weighted by Gasteiger charge is 2.17. The number of carbonyl (C=O) groups is 1. The van der Waals surface area contributed by atoms with Crippen molar-refractivity contribution in [1.82, 2.24) is 10.5 Å². The molecule has 1 aromatic rings. The van der Waals surface area contributed by atoms with E-state index in [1.54, 1.807) is 0 Å². The van der Waals surface area contributed by atoms with Crippen LogP contribution in [0.3, 0.4) is 0 Å². The van der Waals surface area contributed by atoms with E-state index in [4.69, 9.17) is 9.26 Å². The summed E-state index contributed by atoms with van der Waals surface area (Å²) in [5.74, 6) is 0.713. The Morgan fingerprint density at radius 2 is 2.35 bits per heavy atom. The minimum Gasteiger partial charge on any atom is -0.376 e. The zero-order valence-electron chi connectivity index (χ0n) is 10.3. The fourth-order valence-electron chi connectivity index (χ4n) is 2.01. The summed E-state index contributed by atoms with van der Waals surface area (Å²) in [6, 6.07) is 0. The van der Waals surface area contributed by atoms with Gasteiger partial charge in [-0.3, -0.25) is 4.79 Å². The summed E-state index contributed by atoms with van der Waals surface area (Å²) in [6.07, 6.45) is 2.63. The third kappa shape index (κ3) is 3.06. The Balaban J connectivity index is 1.80. The molecular weight excluding hydrogens is 220 g/mol. The van der Waals surface area contributed by atoms with Gasteiger partial charge in [-0.2, -0.15) is 0 Å². The van der Waals surface area contributed by atoms with Gasteiger partial charge < -0.3 is 14.6 Å². The Hall–Kier alpha value is -1.36. The lowest BCUT2D eigenvalue weighted by Crippen LogP contribution is -2.32. The highest BCUT2D eigenvalue weighted by molar-refractivity contribution is 5.79. The van der Waals surface area contributed by atoms with Gasteiger partial charge in [-0.15, -0.1) is 0 Å². The van der Waals surface area contributed by atoms with Gasteiger partial charge in [0, 0.05) is 18.7 Å². The number of ether oxygens (including phenoxy) is 1.